The molecule has 0 aliphatic carbocycles. The Hall–Kier alpha value is -3.07. The number of aromatic nitrogens is 4. The van der Waals surface area contributed by atoms with Gasteiger partial charge in [-0.3, -0.25) is 4.68 Å². The minimum absolute atomic E-state index is 0.500. The molecule has 4 rings (SSSR count). The van der Waals surface area contributed by atoms with Gasteiger partial charge in [0.2, 0.25) is 5.95 Å². The molecule has 27 heavy (non-hydrogen) atoms. The number of ether oxygens (including phenoxy) is 3. The Balaban J connectivity index is 1.72. The number of anilines is 3. The van der Waals surface area contributed by atoms with Crippen LogP contribution in [0.15, 0.2) is 24.4 Å². The van der Waals surface area contributed by atoms with E-state index in [9.17, 15) is 0 Å². The summed E-state index contributed by atoms with van der Waals surface area (Å²) in [5, 5.41) is 8.53. The normalized spacial score (nSPS) is 14.4. The Morgan fingerprint density at radius 3 is 2.59 bits per heavy atom. The molecule has 142 valence electrons. The van der Waals surface area contributed by atoms with Crippen LogP contribution in [0.5, 0.6) is 11.5 Å². The predicted molar refractivity (Wildman–Crippen MR) is 102 cm³/mol. The lowest BCUT2D eigenvalue weighted by Crippen LogP contribution is -2.37. The Labute approximate surface area is 156 Å². The zero-order chi connectivity index (χ0) is 18.8. The van der Waals surface area contributed by atoms with Crippen LogP contribution >= 0.6 is 0 Å². The number of hydrogen-bond acceptors (Lipinski definition) is 8. The van der Waals surface area contributed by atoms with Crippen molar-refractivity contribution in [2.75, 3.05) is 50.7 Å². The van der Waals surface area contributed by atoms with Crippen LogP contribution in [-0.2, 0) is 11.8 Å². The molecule has 1 fully saturated rings. The molecule has 9 nitrogen and oxygen atoms in total. The van der Waals surface area contributed by atoms with Crippen molar-refractivity contribution in [3.63, 3.8) is 0 Å². The first-order valence-electron chi connectivity index (χ1n) is 8.71. The second-order valence-corrected chi connectivity index (χ2v) is 6.17. The van der Waals surface area contributed by atoms with Crippen molar-refractivity contribution in [1.29, 1.82) is 0 Å². The number of aryl methyl sites for hydroxylation is 1. The number of nitrogens with zero attached hydrogens (tertiary/aromatic N) is 5. The standard InChI is InChI=1S/C18H22N6O3/c1-23-16-13(11-19-23)17(24-6-8-27-9-7-24)22-18(21-16)20-12-4-5-14(25-2)15(10-12)26-3/h4-5,10-11H,6-9H2,1-3H3,(H,20,21,22). The highest BCUT2D eigenvalue weighted by atomic mass is 16.5. The monoisotopic (exact) mass is 370 g/mol. The number of methoxy groups -OCH3 is 2. The average molecular weight is 370 g/mol. The maximum Gasteiger partial charge on any atom is 0.231 e. The topological polar surface area (TPSA) is 86.6 Å². The zero-order valence-corrected chi connectivity index (χ0v) is 15.6. The summed E-state index contributed by atoms with van der Waals surface area (Å²) in [4.78, 5) is 11.6. The summed E-state index contributed by atoms with van der Waals surface area (Å²) >= 11 is 0. The molecular weight excluding hydrogens is 348 g/mol. The van der Waals surface area contributed by atoms with Gasteiger partial charge in [-0.1, -0.05) is 0 Å². The molecule has 1 saturated heterocycles. The number of benzene rings is 1. The van der Waals surface area contributed by atoms with Gasteiger partial charge in [0.05, 0.1) is 39.0 Å². The van der Waals surface area contributed by atoms with Gasteiger partial charge in [0.25, 0.3) is 0 Å². The van der Waals surface area contributed by atoms with Gasteiger partial charge in [-0.25, -0.2) is 0 Å². The van der Waals surface area contributed by atoms with Crippen LogP contribution in [0, 0.1) is 0 Å². The molecule has 1 N–H and O–H groups in total. The zero-order valence-electron chi connectivity index (χ0n) is 15.6. The molecular formula is C18H22N6O3. The fourth-order valence-corrected chi connectivity index (χ4v) is 3.12. The quantitative estimate of drug-likeness (QED) is 0.729. The molecule has 3 aromatic rings. The fraction of sp³-hybridized carbons (Fsp3) is 0.389. The molecule has 0 amide bonds. The van der Waals surface area contributed by atoms with Crippen LogP contribution in [-0.4, -0.2) is 60.3 Å². The van der Waals surface area contributed by atoms with E-state index in [0.717, 1.165) is 35.6 Å². The summed E-state index contributed by atoms with van der Waals surface area (Å²) < 4.78 is 17.9. The molecule has 0 radical (unpaired) electrons. The van der Waals surface area contributed by atoms with E-state index < -0.39 is 0 Å². The third-order valence-electron chi connectivity index (χ3n) is 4.52. The van der Waals surface area contributed by atoms with Crippen LogP contribution < -0.4 is 19.7 Å². The van der Waals surface area contributed by atoms with E-state index in [1.807, 2.05) is 25.2 Å². The Kier molecular flexibility index (Phi) is 4.68. The van der Waals surface area contributed by atoms with E-state index in [0.29, 0.717) is 30.7 Å². The van der Waals surface area contributed by atoms with Gasteiger partial charge >= 0.3 is 0 Å². The van der Waals surface area contributed by atoms with E-state index in [1.54, 1.807) is 25.1 Å². The lowest BCUT2D eigenvalue weighted by atomic mass is 10.2. The van der Waals surface area contributed by atoms with E-state index in [-0.39, 0.29) is 0 Å². The van der Waals surface area contributed by atoms with Gasteiger partial charge in [0.1, 0.15) is 5.82 Å². The van der Waals surface area contributed by atoms with E-state index in [1.165, 1.54) is 0 Å². The summed E-state index contributed by atoms with van der Waals surface area (Å²) in [6.45, 7) is 2.95. The van der Waals surface area contributed by atoms with Crippen molar-refractivity contribution in [1.82, 2.24) is 19.7 Å². The van der Waals surface area contributed by atoms with Gasteiger partial charge in [0.15, 0.2) is 17.1 Å². The summed E-state index contributed by atoms with van der Waals surface area (Å²) in [6, 6.07) is 5.59. The minimum atomic E-state index is 0.500. The Bertz CT molecular complexity index is 952. The van der Waals surface area contributed by atoms with Gasteiger partial charge in [-0.2, -0.15) is 15.1 Å². The first kappa shape index (κ1) is 17.3. The lowest BCUT2D eigenvalue weighted by molar-refractivity contribution is 0.122. The van der Waals surface area contributed by atoms with E-state index >= 15 is 0 Å². The van der Waals surface area contributed by atoms with Gasteiger partial charge < -0.3 is 24.4 Å². The molecule has 1 aliphatic heterocycles. The van der Waals surface area contributed by atoms with Crippen molar-refractivity contribution >= 4 is 28.5 Å². The van der Waals surface area contributed by atoms with Crippen molar-refractivity contribution in [2.24, 2.45) is 7.05 Å². The van der Waals surface area contributed by atoms with Crippen molar-refractivity contribution < 1.29 is 14.2 Å². The van der Waals surface area contributed by atoms with Crippen molar-refractivity contribution in [2.45, 2.75) is 0 Å². The molecule has 0 bridgehead atoms. The molecule has 0 atom stereocenters. The number of fused-ring (bicyclic) bond motifs is 1. The number of morpholine rings is 1. The van der Waals surface area contributed by atoms with Gasteiger partial charge in [-0.15, -0.1) is 0 Å². The van der Waals surface area contributed by atoms with Crippen LogP contribution in [0.4, 0.5) is 17.5 Å². The number of hydrogen-bond donors (Lipinski definition) is 1. The maximum atomic E-state index is 5.46. The second kappa shape index (κ2) is 7.28. The highest BCUT2D eigenvalue weighted by molar-refractivity contribution is 5.88. The average Bonchev–Trinajstić information content (AvgIpc) is 3.09. The largest absolute Gasteiger partial charge is 0.493 e. The third kappa shape index (κ3) is 3.33. The van der Waals surface area contributed by atoms with E-state index in [2.05, 4.69) is 20.3 Å². The summed E-state index contributed by atoms with van der Waals surface area (Å²) in [7, 11) is 5.09. The van der Waals surface area contributed by atoms with Crippen LogP contribution in [0.2, 0.25) is 0 Å². The smallest absolute Gasteiger partial charge is 0.231 e. The van der Waals surface area contributed by atoms with Crippen molar-refractivity contribution in [3.05, 3.63) is 24.4 Å². The lowest BCUT2D eigenvalue weighted by Gasteiger charge is -2.28. The molecule has 1 aliphatic rings. The van der Waals surface area contributed by atoms with Gasteiger partial charge in [-0.05, 0) is 12.1 Å². The highest BCUT2D eigenvalue weighted by Crippen LogP contribution is 2.32. The molecule has 9 heteroatoms. The third-order valence-corrected chi connectivity index (χ3v) is 4.52. The Morgan fingerprint density at radius 1 is 1.07 bits per heavy atom. The van der Waals surface area contributed by atoms with Gasteiger partial charge in [0, 0.05) is 31.9 Å². The molecule has 0 spiro atoms. The van der Waals surface area contributed by atoms with Crippen molar-refractivity contribution in [3.8, 4) is 11.5 Å². The minimum Gasteiger partial charge on any atom is -0.493 e. The predicted octanol–water partition coefficient (Wildman–Crippen LogP) is 1.96. The summed E-state index contributed by atoms with van der Waals surface area (Å²) in [5.41, 5.74) is 1.58. The SMILES string of the molecule is COc1ccc(Nc2nc(N3CCOCC3)c3cnn(C)c3n2)cc1OC. The first-order valence-corrected chi connectivity index (χ1v) is 8.71. The summed E-state index contributed by atoms with van der Waals surface area (Å²) in [6.07, 6.45) is 1.81. The number of rotatable bonds is 5. The molecule has 2 aromatic heterocycles. The molecule has 0 saturated carbocycles. The van der Waals surface area contributed by atoms with E-state index in [4.69, 9.17) is 19.2 Å². The maximum absolute atomic E-state index is 5.46. The molecule has 1 aromatic carbocycles. The molecule has 3 heterocycles. The van der Waals surface area contributed by atoms with Crippen LogP contribution in [0.1, 0.15) is 0 Å². The highest BCUT2D eigenvalue weighted by Gasteiger charge is 2.19. The fourth-order valence-electron chi connectivity index (χ4n) is 3.12. The van der Waals surface area contributed by atoms with Crippen LogP contribution in [0.3, 0.4) is 0 Å². The first-order chi connectivity index (χ1) is 13.2. The molecule has 0 unspecified atom stereocenters. The summed E-state index contributed by atoms with van der Waals surface area (Å²) in [5.74, 6) is 2.66. The number of nitrogens with one attached hydrogen (secondary N) is 1. The second-order valence-electron chi connectivity index (χ2n) is 6.17. The van der Waals surface area contributed by atoms with Crippen LogP contribution in [0.25, 0.3) is 11.0 Å². The Morgan fingerprint density at radius 2 is 1.85 bits per heavy atom.